The van der Waals surface area contributed by atoms with E-state index in [4.69, 9.17) is 4.98 Å². The van der Waals surface area contributed by atoms with Crippen LogP contribution in [0.15, 0.2) is 42.7 Å². The van der Waals surface area contributed by atoms with Crippen LogP contribution in [0.5, 0.6) is 0 Å². The van der Waals surface area contributed by atoms with Crippen molar-refractivity contribution in [1.29, 1.82) is 0 Å². The number of imidazole rings is 2. The lowest BCUT2D eigenvalue weighted by Gasteiger charge is -2.20. The highest BCUT2D eigenvalue weighted by Gasteiger charge is 2.26. The number of nitrogens with zero attached hydrogens (tertiary/aromatic N) is 4. The van der Waals surface area contributed by atoms with Gasteiger partial charge in [-0.2, -0.15) is 0 Å². The minimum Gasteiger partial charge on any atom is -0.332 e. The van der Waals surface area contributed by atoms with Crippen LogP contribution >= 0.6 is 0 Å². The summed E-state index contributed by atoms with van der Waals surface area (Å²) in [7, 11) is 0. The molecule has 156 valence electrons. The highest BCUT2D eigenvalue weighted by Crippen LogP contribution is 2.24. The van der Waals surface area contributed by atoms with Crippen LogP contribution in [0.25, 0.3) is 0 Å². The summed E-state index contributed by atoms with van der Waals surface area (Å²) in [5, 5.41) is 0. The smallest absolute Gasteiger partial charge is 0.253 e. The third kappa shape index (κ3) is 4.63. The molecule has 0 aliphatic rings. The molecule has 29 heavy (non-hydrogen) atoms. The van der Waals surface area contributed by atoms with E-state index >= 15 is 0 Å². The van der Waals surface area contributed by atoms with Crippen LogP contribution in [0.2, 0.25) is 0 Å². The first-order chi connectivity index (χ1) is 14.0. The number of hydrogen-bond donors (Lipinski definition) is 0. The van der Waals surface area contributed by atoms with Crippen molar-refractivity contribution in [3.63, 3.8) is 0 Å². The summed E-state index contributed by atoms with van der Waals surface area (Å²) in [6, 6.07) is 11.7. The Hall–Kier alpha value is -2.36. The number of benzene rings is 1. The van der Waals surface area contributed by atoms with E-state index < -0.39 is 0 Å². The van der Waals surface area contributed by atoms with Gasteiger partial charge in [0.1, 0.15) is 30.3 Å². The van der Waals surface area contributed by atoms with Gasteiger partial charge in [-0.3, -0.25) is 0 Å². The van der Waals surface area contributed by atoms with Crippen molar-refractivity contribution in [2.75, 3.05) is 0 Å². The largest absolute Gasteiger partial charge is 0.332 e. The molecule has 1 aromatic carbocycles. The summed E-state index contributed by atoms with van der Waals surface area (Å²) in [4.78, 5) is 4.70. The van der Waals surface area contributed by atoms with Gasteiger partial charge in [0.25, 0.3) is 5.82 Å². The molecular formula is C25H37N4+. The minimum absolute atomic E-state index is 0.433. The van der Waals surface area contributed by atoms with Gasteiger partial charge >= 0.3 is 0 Å². The quantitative estimate of drug-likeness (QED) is 0.449. The summed E-state index contributed by atoms with van der Waals surface area (Å²) >= 11 is 0. The van der Waals surface area contributed by atoms with Crippen LogP contribution < -0.4 is 4.57 Å². The molecule has 0 amide bonds. The maximum Gasteiger partial charge on any atom is 0.253 e. The summed E-state index contributed by atoms with van der Waals surface area (Å²) < 4.78 is 7.37. The number of aryl methyl sites for hydroxylation is 3. The topological polar surface area (TPSA) is 26.6 Å². The van der Waals surface area contributed by atoms with E-state index in [1.807, 2.05) is 0 Å². The predicted molar refractivity (Wildman–Crippen MR) is 119 cm³/mol. The van der Waals surface area contributed by atoms with Gasteiger partial charge in [-0.15, -0.1) is 0 Å². The van der Waals surface area contributed by atoms with Crippen LogP contribution in [0.1, 0.15) is 81.2 Å². The Kier molecular flexibility index (Phi) is 6.94. The van der Waals surface area contributed by atoms with Crippen molar-refractivity contribution in [2.24, 2.45) is 0 Å². The fourth-order valence-corrected chi connectivity index (χ4v) is 4.45. The number of hydrogen-bond acceptors (Lipinski definition) is 1. The zero-order chi connectivity index (χ0) is 21.0. The van der Waals surface area contributed by atoms with Crippen molar-refractivity contribution >= 4 is 0 Å². The average Bonchev–Trinajstić information content (AvgIpc) is 3.27. The maximum atomic E-state index is 4.70. The molecule has 2 atom stereocenters. The van der Waals surface area contributed by atoms with E-state index in [2.05, 4.69) is 98.0 Å². The second-order valence-corrected chi connectivity index (χ2v) is 8.19. The van der Waals surface area contributed by atoms with Gasteiger partial charge in [0, 0.05) is 32.0 Å². The Labute approximate surface area is 176 Å². The highest BCUT2D eigenvalue weighted by molar-refractivity contribution is 5.16. The lowest BCUT2D eigenvalue weighted by Crippen LogP contribution is -2.41. The van der Waals surface area contributed by atoms with Crippen molar-refractivity contribution in [1.82, 2.24) is 14.1 Å². The van der Waals surface area contributed by atoms with Gasteiger partial charge in [-0.25, -0.2) is 14.1 Å². The third-order valence-electron chi connectivity index (χ3n) is 6.23. The van der Waals surface area contributed by atoms with E-state index in [1.54, 1.807) is 0 Å². The molecule has 0 N–H and O–H groups in total. The summed E-state index contributed by atoms with van der Waals surface area (Å²) in [6.45, 7) is 14.4. The molecule has 3 rings (SSSR count). The van der Waals surface area contributed by atoms with E-state index in [0.717, 1.165) is 38.1 Å². The summed E-state index contributed by atoms with van der Waals surface area (Å²) in [5.74, 6) is 2.48. The van der Waals surface area contributed by atoms with E-state index in [1.165, 1.54) is 22.8 Å². The molecule has 0 saturated heterocycles. The fourth-order valence-electron chi connectivity index (χ4n) is 4.45. The Morgan fingerprint density at radius 3 is 2.34 bits per heavy atom. The number of rotatable bonds is 9. The lowest BCUT2D eigenvalue weighted by atomic mass is 10.1. The maximum absolute atomic E-state index is 4.70. The van der Waals surface area contributed by atoms with Crippen molar-refractivity contribution < 1.29 is 4.57 Å². The van der Waals surface area contributed by atoms with Gasteiger partial charge < -0.3 is 4.57 Å². The molecule has 0 saturated carbocycles. The third-order valence-corrected chi connectivity index (χ3v) is 6.23. The predicted octanol–water partition coefficient (Wildman–Crippen LogP) is 5.36. The second-order valence-electron chi connectivity index (χ2n) is 8.19. The lowest BCUT2D eigenvalue weighted by molar-refractivity contribution is -0.729. The molecule has 0 spiro atoms. The van der Waals surface area contributed by atoms with E-state index in [-0.39, 0.29) is 0 Å². The zero-order valence-electron chi connectivity index (χ0n) is 19.0. The second kappa shape index (κ2) is 9.43. The molecule has 0 radical (unpaired) electrons. The zero-order valence-corrected chi connectivity index (χ0v) is 19.0. The van der Waals surface area contributed by atoms with Crippen LogP contribution in [-0.2, 0) is 19.4 Å². The van der Waals surface area contributed by atoms with Gasteiger partial charge in [0.15, 0.2) is 0 Å². The average molecular weight is 394 g/mol. The molecule has 4 heteroatoms. The summed E-state index contributed by atoms with van der Waals surface area (Å²) in [6.07, 6.45) is 8.91. The Balaban J connectivity index is 1.86. The standard InChI is InChI=1S/C25H37N4/c1-7-23-17-27(20(5)26-23)19(4)15-24(8-2)29-18-25(9-3)28(21(29)6)16-22-13-11-10-12-14-22/h10-14,17-19,24H,7-9,15-16H2,1-6H3/q+1. The molecular weight excluding hydrogens is 356 g/mol. The minimum atomic E-state index is 0.433. The van der Waals surface area contributed by atoms with Crippen molar-refractivity contribution in [2.45, 2.75) is 85.9 Å². The number of aromatic nitrogens is 4. The van der Waals surface area contributed by atoms with Crippen LogP contribution in [0.3, 0.4) is 0 Å². The van der Waals surface area contributed by atoms with Gasteiger partial charge in [-0.1, -0.05) is 51.1 Å². The fraction of sp³-hybridized carbons (Fsp3) is 0.520. The molecule has 4 nitrogen and oxygen atoms in total. The van der Waals surface area contributed by atoms with Crippen LogP contribution in [-0.4, -0.2) is 14.1 Å². The Morgan fingerprint density at radius 1 is 1.03 bits per heavy atom. The molecule has 0 bridgehead atoms. The highest BCUT2D eigenvalue weighted by atomic mass is 15.2. The first-order valence-corrected chi connectivity index (χ1v) is 11.2. The molecule has 0 aliphatic heterocycles. The van der Waals surface area contributed by atoms with Crippen molar-refractivity contribution in [3.05, 3.63) is 71.3 Å². The Bertz CT molecular complexity index is 920. The van der Waals surface area contributed by atoms with E-state index in [9.17, 15) is 0 Å². The Morgan fingerprint density at radius 2 is 1.76 bits per heavy atom. The first-order valence-electron chi connectivity index (χ1n) is 11.2. The normalized spacial score (nSPS) is 13.6. The molecule has 0 aliphatic carbocycles. The van der Waals surface area contributed by atoms with Gasteiger partial charge in [0.2, 0.25) is 0 Å². The molecule has 0 fully saturated rings. The van der Waals surface area contributed by atoms with Crippen LogP contribution in [0, 0.1) is 13.8 Å². The monoisotopic (exact) mass is 393 g/mol. The van der Waals surface area contributed by atoms with Gasteiger partial charge in [0.05, 0.1) is 5.69 Å². The molecule has 2 unspecified atom stereocenters. The van der Waals surface area contributed by atoms with E-state index in [0.29, 0.717) is 12.1 Å². The van der Waals surface area contributed by atoms with Crippen molar-refractivity contribution in [3.8, 4) is 0 Å². The SMILES string of the molecule is CCc1cn(C(C)CC(CC)[n+]2cc(CC)n(Cc3ccccc3)c2C)c(C)n1. The van der Waals surface area contributed by atoms with Crippen LogP contribution in [0.4, 0.5) is 0 Å². The van der Waals surface area contributed by atoms with Gasteiger partial charge in [-0.05, 0) is 32.3 Å². The summed E-state index contributed by atoms with van der Waals surface area (Å²) in [5.41, 5.74) is 3.95. The molecule has 2 aromatic heterocycles. The molecule has 2 heterocycles. The first kappa shape index (κ1) is 21.4. The molecule has 3 aromatic rings.